The second-order valence-corrected chi connectivity index (χ2v) is 6.69. The van der Waals surface area contributed by atoms with Crippen LogP contribution in [0.15, 0.2) is 59.0 Å². The Morgan fingerprint density at radius 2 is 1.54 bits per heavy atom. The fourth-order valence-electron chi connectivity index (χ4n) is 2.95. The zero-order valence-corrected chi connectivity index (χ0v) is 16.3. The average molecular weight is 378 g/mol. The average Bonchev–Trinajstić information content (AvgIpc) is 3.18. The van der Waals surface area contributed by atoms with E-state index in [-0.39, 0.29) is 0 Å². The van der Waals surface area contributed by atoms with E-state index in [0.29, 0.717) is 34.1 Å². The Morgan fingerprint density at radius 1 is 0.857 bits per heavy atom. The van der Waals surface area contributed by atoms with E-state index in [2.05, 4.69) is 13.8 Å². The van der Waals surface area contributed by atoms with E-state index in [1.54, 1.807) is 30.3 Å². The first-order chi connectivity index (χ1) is 13.4. The van der Waals surface area contributed by atoms with Crippen molar-refractivity contribution in [3.63, 3.8) is 0 Å². The van der Waals surface area contributed by atoms with Crippen LogP contribution in [0.1, 0.15) is 46.0 Å². The molecule has 0 fully saturated rings. The van der Waals surface area contributed by atoms with Crippen molar-refractivity contribution in [2.45, 2.75) is 19.8 Å². The molecule has 0 unspecified atom stereocenters. The molecule has 2 aromatic carbocycles. The van der Waals surface area contributed by atoms with E-state index in [0.717, 1.165) is 5.56 Å². The first-order valence-electron chi connectivity index (χ1n) is 8.95. The molecular formula is C23H22O5. The van der Waals surface area contributed by atoms with Gasteiger partial charge in [0.25, 0.3) is 0 Å². The molecule has 0 aliphatic carbocycles. The van der Waals surface area contributed by atoms with Gasteiger partial charge in [0.05, 0.1) is 19.8 Å². The first kappa shape index (κ1) is 19.4. The van der Waals surface area contributed by atoms with Crippen LogP contribution in [0, 0.1) is 0 Å². The number of rotatable bonds is 5. The van der Waals surface area contributed by atoms with Crippen molar-refractivity contribution in [2.75, 3.05) is 14.2 Å². The lowest BCUT2D eigenvalue weighted by molar-refractivity contribution is 0.0593. The van der Waals surface area contributed by atoms with Crippen LogP contribution in [0.3, 0.4) is 0 Å². The molecule has 0 spiro atoms. The molecular weight excluding hydrogens is 356 g/mol. The quantitative estimate of drug-likeness (QED) is 0.563. The molecule has 1 heterocycles. The summed E-state index contributed by atoms with van der Waals surface area (Å²) < 4.78 is 15.7. The SMILES string of the molecule is COC(=O)c1cccc(-c2oc(-c3ccc(C(C)C)cc3)cc2C(=O)OC)c1. The first-order valence-corrected chi connectivity index (χ1v) is 8.95. The Morgan fingerprint density at radius 3 is 2.14 bits per heavy atom. The number of ether oxygens (including phenoxy) is 2. The van der Waals surface area contributed by atoms with Gasteiger partial charge in [0, 0.05) is 11.1 Å². The van der Waals surface area contributed by atoms with Gasteiger partial charge in [-0.3, -0.25) is 0 Å². The highest BCUT2D eigenvalue weighted by Crippen LogP contribution is 2.34. The molecule has 0 aliphatic heterocycles. The Labute approximate surface area is 163 Å². The minimum absolute atomic E-state index is 0.299. The summed E-state index contributed by atoms with van der Waals surface area (Å²) in [7, 11) is 2.64. The summed E-state index contributed by atoms with van der Waals surface area (Å²) in [6.45, 7) is 4.26. The van der Waals surface area contributed by atoms with Crippen molar-refractivity contribution in [1.82, 2.24) is 0 Å². The molecule has 0 saturated carbocycles. The molecule has 0 amide bonds. The van der Waals surface area contributed by atoms with Crippen LogP contribution in [0.25, 0.3) is 22.6 Å². The summed E-state index contributed by atoms with van der Waals surface area (Å²) in [6.07, 6.45) is 0. The summed E-state index contributed by atoms with van der Waals surface area (Å²) in [5.41, 5.74) is 3.33. The van der Waals surface area contributed by atoms with Gasteiger partial charge in [-0.2, -0.15) is 0 Å². The monoisotopic (exact) mass is 378 g/mol. The fourth-order valence-corrected chi connectivity index (χ4v) is 2.95. The standard InChI is InChI=1S/C23H22O5/c1-14(2)15-8-10-16(11-9-15)20-13-19(23(25)27-4)21(28-20)17-6-5-7-18(12-17)22(24)26-3/h5-14H,1-4H3. The molecule has 28 heavy (non-hydrogen) atoms. The topological polar surface area (TPSA) is 65.7 Å². The lowest BCUT2D eigenvalue weighted by Crippen LogP contribution is -2.03. The molecule has 0 saturated heterocycles. The van der Waals surface area contributed by atoms with Crippen molar-refractivity contribution >= 4 is 11.9 Å². The van der Waals surface area contributed by atoms with Crippen molar-refractivity contribution in [3.8, 4) is 22.6 Å². The van der Waals surface area contributed by atoms with E-state index < -0.39 is 11.9 Å². The molecule has 1 aromatic heterocycles. The molecule has 0 aliphatic rings. The van der Waals surface area contributed by atoms with Gasteiger partial charge < -0.3 is 13.9 Å². The lowest BCUT2D eigenvalue weighted by atomic mass is 10.0. The van der Waals surface area contributed by atoms with Crippen molar-refractivity contribution < 1.29 is 23.5 Å². The predicted octanol–water partition coefficient (Wildman–Crippen LogP) is 5.31. The number of hydrogen-bond acceptors (Lipinski definition) is 5. The van der Waals surface area contributed by atoms with Crippen LogP contribution >= 0.6 is 0 Å². The van der Waals surface area contributed by atoms with Gasteiger partial charge in [-0.1, -0.05) is 50.2 Å². The number of esters is 2. The summed E-state index contributed by atoms with van der Waals surface area (Å²) in [5.74, 6) is 0.354. The zero-order chi connectivity index (χ0) is 20.3. The number of methoxy groups -OCH3 is 2. The number of carbonyl (C=O) groups is 2. The Balaban J connectivity index is 2.08. The summed E-state index contributed by atoms with van der Waals surface area (Å²) in [6, 6.07) is 16.4. The minimum atomic E-state index is -0.507. The van der Waals surface area contributed by atoms with E-state index in [4.69, 9.17) is 13.9 Å². The molecule has 0 bridgehead atoms. The van der Waals surface area contributed by atoms with Crippen LogP contribution in [0.2, 0.25) is 0 Å². The Bertz CT molecular complexity index is 996. The third-order valence-corrected chi connectivity index (χ3v) is 4.55. The van der Waals surface area contributed by atoms with Gasteiger partial charge >= 0.3 is 11.9 Å². The molecule has 0 radical (unpaired) electrons. The highest BCUT2D eigenvalue weighted by molar-refractivity contribution is 5.98. The molecule has 144 valence electrons. The Hall–Kier alpha value is -3.34. The highest BCUT2D eigenvalue weighted by atomic mass is 16.5. The molecule has 3 rings (SSSR count). The maximum Gasteiger partial charge on any atom is 0.341 e. The van der Waals surface area contributed by atoms with E-state index in [9.17, 15) is 9.59 Å². The Kier molecular flexibility index (Phi) is 5.64. The third kappa shape index (κ3) is 3.83. The van der Waals surface area contributed by atoms with Crippen molar-refractivity contribution in [3.05, 3.63) is 71.3 Å². The smallest absolute Gasteiger partial charge is 0.341 e. The zero-order valence-electron chi connectivity index (χ0n) is 16.3. The number of benzene rings is 2. The predicted molar refractivity (Wildman–Crippen MR) is 106 cm³/mol. The highest BCUT2D eigenvalue weighted by Gasteiger charge is 2.21. The maximum absolute atomic E-state index is 12.3. The van der Waals surface area contributed by atoms with Crippen LogP contribution in [0.5, 0.6) is 0 Å². The van der Waals surface area contributed by atoms with Gasteiger partial charge in [0.1, 0.15) is 17.1 Å². The van der Waals surface area contributed by atoms with E-state index in [1.807, 2.05) is 24.3 Å². The fraction of sp³-hybridized carbons (Fsp3) is 0.217. The molecule has 0 atom stereocenters. The minimum Gasteiger partial charge on any atom is -0.465 e. The van der Waals surface area contributed by atoms with Crippen LogP contribution in [0.4, 0.5) is 0 Å². The van der Waals surface area contributed by atoms with E-state index in [1.165, 1.54) is 19.8 Å². The number of hydrogen-bond donors (Lipinski definition) is 0. The normalized spacial score (nSPS) is 10.8. The molecule has 0 N–H and O–H groups in total. The van der Waals surface area contributed by atoms with Gasteiger partial charge in [-0.15, -0.1) is 0 Å². The second kappa shape index (κ2) is 8.13. The van der Waals surface area contributed by atoms with Crippen molar-refractivity contribution in [2.24, 2.45) is 0 Å². The van der Waals surface area contributed by atoms with Gasteiger partial charge in [-0.25, -0.2) is 9.59 Å². The summed E-state index contributed by atoms with van der Waals surface area (Å²) >= 11 is 0. The largest absolute Gasteiger partial charge is 0.465 e. The van der Waals surface area contributed by atoms with E-state index >= 15 is 0 Å². The maximum atomic E-state index is 12.3. The molecule has 5 heteroatoms. The number of furan rings is 1. The van der Waals surface area contributed by atoms with Gasteiger partial charge in [0.2, 0.25) is 0 Å². The van der Waals surface area contributed by atoms with Crippen LogP contribution < -0.4 is 0 Å². The van der Waals surface area contributed by atoms with Crippen molar-refractivity contribution in [1.29, 1.82) is 0 Å². The number of carbonyl (C=O) groups excluding carboxylic acids is 2. The summed E-state index contributed by atoms with van der Waals surface area (Å²) in [4.78, 5) is 24.1. The lowest BCUT2D eigenvalue weighted by Gasteiger charge is -2.05. The summed E-state index contributed by atoms with van der Waals surface area (Å²) in [5, 5.41) is 0. The second-order valence-electron chi connectivity index (χ2n) is 6.69. The van der Waals surface area contributed by atoms with Gasteiger partial charge in [-0.05, 0) is 29.7 Å². The van der Waals surface area contributed by atoms with Gasteiger partial charge in [0.15, 0.2) is 0 Å². The molecule has 3 aromatic rings. The van der Waals surface area contributed by atoms with Crippen LogP contribution in [-0.2, 0) is 9.47 Å². The third-order valence-electron chi connectivity index (χ3n) is 4.55. The van der Waals surface area contributed by atoms with Crippen LogP contribution in [-0.4, -0.2) is 26.2 Å². The molecule has 5 nitrogen and oxygen atoms in total.